The van der Waals surface area contributed by atoms with Crippen LogP contribution in [0.15, 0.2) is 0 Å². The second kappa shape index (κ2) is 5.30. The third kappa shape index (κ3) is 3.81. The summed E-state index contributed by atoms with van der Waals surface area (Å²) in [6, 6.07) is -1.37. The van der Waals surface area contributed by atoms with E-state index in [1.165, 1.54) is 0 Å². The predicted octanol–water partition coefficient (Wildman–Crippen LogP) is 0.339. The summed E-state index contributed by atoms with van der Waals surface area (Å²) in [5, 5.41) is 11.5. The summed E-state index contributed by atoms with van der Waals surface area (Å²) in [4.78, 5) is 22.5. The van der Waals surface area contributed by atoms with Gasteiger partial charge >= 0.3 is 5.97 Å². The molecule has 0 radical (unpaired) electrons. The zero-order valence-electron chi connectivity index (χ0n) is 9.77. The van der Waals surface area contributed by atoms with Crippen molar-refractivity contribution in [1.82, 2.24) is 5.32 Å². The third-order valence-corrected chi connectivity index (χ3v) is 2.72. The molecule has 0 heterocycles. The van der Waals surface area contributed by atoms with E-state index < -0.39 is 18.1 Å². The SMILES string of the molecule is CC(C)C[C@H](N)C(=O)NC(C(=O)O)C1CC1. The average molecular weight is 228 g/mol. The molecular weight excluding hydrogens is 208 g/mol. The standard InChI is InChI=1S/C11H20N2O3/c1-6(2)5-8(12)10(14)13-9(11(15)16)7-3-4-7/h6-9H,3-5,12H2,1-2H3,(H,13,14)(H,15,16)/t8-,9?/m0/s1. The predicted molar refractivity (Wildman–Crippen MR) is 59.7 cm³/mol. The maximum absolute atomic E-state index is 11.6. The molecule has 0 aromatic rings. The Hall–Kier alpha value is -1.10. The molecule has 16 heavy (non-hydrogen) atoms. The fourth-order valence-electron chi connectivity index (χ4n) is 1.69. The fraction of sp³-hybridized carbons (Fsp3) is 0.818. The van der Waals surface area contributed by atoms with Crippen molar-refractivity contribution >= 4 is 11.9 Å². The fourth-order valence-corrected chi connectivity index (χ4v) is 1.69. The maximum Gasteiger partial charge on any atom is 0.326 e. The number of hydrogen-bond acceptors (Lipinski definition) is 3. The van der Waals surface area contributed by atoms with Gasteiger partial charge in [-0.05, 0) is 31.1 Å². The van der Waals surface area contributed by atoms with Gasteiger partial charge in [-0.1, -0.05) is 13.8 Å². The number of nitrogens with one attached hydrogen (secondary N) is 1. The lowest BCUT2D eigenvalue weighted by molar-refractivity contribution is -0.142. The van der Waals surface area contributed by atoms with Gasteiger partial charge in [-0.2, -0.15) is 0 Å². The molecule has 92 valence electrons. The van der Waals surface area contributed by atoms with Gasteiger partial charge in [0, 0.05) is 0 Å². The van der Waals surface area contributed by atoms with Gasteiger partial charge in [0.25, 0.3) is 0 Å². The summed E-state index contributed by atoms with van der Waals surface area (Å²) in [6.07, 6.45) is 2.32. The van der Waals surface area contributed by atoms with Crippen LogP contribution in [0.4, 0.5) is 0 Å². The second-order valence-electron chi connectivity index (χ2n) is 4.90. The molecule has 1 unspecified atom stereocenters. The van der Waals surface area contributed by atoms with Crippen LogP contribution in [0.1, 0.15) is 33.1 Å². The van der Waals surface area contributed by atoms with Crippen molar-refractivity contribution in [2.75, 3.05) is 0 Å². The first-order valence-electron chi connectivity index (χ1n) is 5.70. The van der Waals surface area contributed by atoms with Crippen LogP contribution < -0.4 is 11.1 Å². The molecule has 0 aromatic heterocycles. The largest absolute Gasteiger partial charge is 0.480 e. The van der Waals surface area contributed by atoms with E-state index in [4.69, 9.17) is 10.8 Å². The van der Waals surface area contributed by atoms with Gasteiger partial charge < -0.3 is 16.2 Å². The minimum absolute atomic E-state index is 0.0905. The number of rotatable bonds is 6. The topological polar surface area (TPSA) is 92.4 Å². The highest BCUT2D eigenvalue weighted by Crippen LogP contribution is 2.32. The Morgan fingerprint density at radius 1 is 1.44 bits per heavy atom. The van der Waals surface area contributed by atoms with Crippen molar-refractivity contribution < 1.29 is 14.7 Å². The molecular formula is C11H20N2O3. The lowest BCUT2D eigenvalue weighted by Crippen LogP contribution is -2.49. The number of hydrogen-bond donors (Lipinski definition) is 3. The molecule has 1 saturated carbocycles. The van der Waals surface area contributed by atoms with E-state index in [2.05, 4.69) is 5.32 Å². The molecule has 4 N–H and O–H groups in total. The highest BCUT2D eigenvalue weighted by atomic mass is 16.4. The quantitative estimate of drug-likeness (QED) is 0.611. The maximum atomic E-state index is 11.6. The molecule has 1 fully saturated rings. The summed E-state index contributed by atoms with van der Waals surface area (Å²) in [5.41, 5.74) is 5.68. The van der Waals surface area contributed by atoms with Gasteiger partial charge in [0.2, 0.25) is 5.91 Å². The number of amides is 1. The molecule has 1 aliphatic carbocycles. The highest BCUT2D eigenvalue weighted by Gasteiger charge is 2.37. The summed E-state index contributed by atoms with van der Waals surface area (Å²) < 4.78 is 0. The first-order valence-corrected chi connectivity index (χ1v) is 5.70. The molecule has 2 atom stereocenters. The molecule has 5 nitrogen and oxygen atoms in total. The van der Waals surface area contributed by atoms with Crippen LogP contribution in [0.3, 0.4) is 0 Å². The van der Waals surface area contributed by atoms with Crippen molar-refractivity contribution in [1.29, 1.82) is 0 Å². The van der Waals surface area contributed by atoms with Crippen LogP contribution in [0.5, 0.6) is 0 Å². The summed E-state index contributed by atoms with van der Waals surface area (Å²) >= 11 is 0. The van der Waals surface area contributed by atoms with Crippen LogP contribution in [-0.4, -0.2) is 29.1 Å². The lowest BCUT2D eigenvalue weighted by Gasteiger charge is -2.18. The van der Waals surface area contributed by atoms with Crippen molar-refractivity contribution in [3.8, 4) is 0 Å². The molecule has 0 aliphatic heterocycles. The monoisotopic (exact) mass is 228 g/mol. The zero-order valence-corrected chi connectivity index (χ0v) is 9.77. The Morgan fingerprint density at radius 3 is 2.38 bits per heavy atom. The third-order valence-electron chi connectivity index (χ3n) is 2.72. The Bertz CT molecular complexity index is 274. The molecule has 0 spiro atoms. The molecule has 0 saturated heterocycles. The summed E-state index contributed by atoms with van der Waals surface area (Å²) in [5.74, 6) is -0.904. The Labute approximate surface area is 95.4 Å². The second-order valence-corrected chi connectivity index (χ2v) is 4.90. The minimum Gasteiger partial charge on any atom is -0.480 e. The van der Waals surface area contributed by atoms with E-state index >= 15 is 0 Å². The van der Waals surface area contributed by atoms with Gasteiger partial charge in [-0.15, -0.1) is 0 Å². The minimum atomic E-state index is -0.965. The normalized spacial score (nSPS) is 19.2. The van der Waals surface area contributed by atoms with Crippen LogP contribution in [-0.2, 0) is 9.59 Å². The van der Waals surface area contributed by atoms with E-state index in [9.17, 15) is 9.59 Å². The molecule has 1 rings (SSSR count). The van der Waals surface area contributed by atoms with E-state index in [0.717, 1.165) is 12.8 Å². The number of carbonyl (C=O) groups is 2. The first-order chi connectivity index (χ1) is 7.41. The Morgan fingerprint density at radius 2 is 2.00 bits per heavy atom. The number of nitrogens with two attached hydrogens (primary N) is 1. The zero-order chi connectivity index (χ0) is 12.3. The van der Waals surface area contributed by atoms with Gasteiger partial charge in [0.05, 0.1) is 6.04 Å². The van der Waals surface area contributed by atoms with Crippen LogP contribution in [0.25, 0.3) is 0 Å². The van der Waals surface area contributed by atoms with Crippen molar-refractivity contribution in [2.24, 2.45) is 17.6 Å². The van der Waals surface area contributed by atoms with Gasteiger partial charge in [-0.25, -0.2) is 4.79 Å². The highest BCUT2D eigenvalue weighted by molar-refractivity contribution is 5.87. The number of carbonyl (C=O) groups excluding carboxylic acids is 1. The molecule has 0 aromatic carbocycles. The van der Waals surface area contributed by atoms with Crippen LogP contribution in [0.2, 0.25) is 0 Å². The van der Waals surface area contributed by atoms with Gasteiger partial charge in [0.1, 0.15) is 6.04 Å². The van der Waals surface area contributed by atoms with Gasteiger partial charge in [0.15, 0.2) is 0 Å². The number of carboxylic acid groups (broad SMARTS) is 1. The molecule has 0 bridgehead atoms. The Kier molecular flexibility index (Phi) is 4.29. The number of aliphatic carboxylic acids is 1. The Balaban J connectivity index is 2.44. The molecule has 5 heteroatoms. The van der Waals surface area contributed by atoms with Crippen molar-refractivity contribution in [3.05, 3.63) is 0 Å². The van der Waals surface area contributed by atoms with E-state index in [1.54, 1.807) is 0 Å². The van der Waals surface area contributed by atoms with Crippen LogP contribution >= 0.6 is 0 Å². The van der Waals surface area contributed by atoms with Crippen LogP contribution in [0, 0.1) is 11.8 Å². The smallest absolute Gasteiger partial charge is 0.326 e. The molecule has 1 amide bonds. The lowest BCUT2D eigenvalue weighted by atomic mass is 10.0. The van der Waals surface area contributed by atoms with E-state index in [1.807, 2.05) is 13.8 Å². The number of carboxylic acids is 1. The molecule has 1 aliphatic rings. The van der Waals surface area contributed by atoms with E-state index in [-0.39, 0.29) is 11.8 Å². The first kappa shape index (κ1) is 13.0. The van der Waals surface area contributed by atoms with Crippen molar-refractivity contribution in [2.45, 2.75) is 45.2 Å². The van der Waals surface area contributed by atoms with E-state index in [0.29, 0.717) is 12.3 Å². The van der Waals surface area contributed by atoms with Crippen molar-refractivity contribution in [3.63, 3.8) is 0 Å². The average Bonchev–Trinajstić information content (AvgIpc) is 2.95. The van der Waals surface area contributed by atoms with Gasteiger partial charge in [-0.3, -0.25) is 4.79 Å². The summed E-state index contributed by atoms with van der Waals surface area (Å²) in [6.45, 7) is 3.95. The summed E-state index contributed by atoms with van der Waals surface area (Å²) in [7, 11) is 0.